The van der Waals surface area contributed by atoms with E-state index in [9.17, 15) is 4.79 Å². The highest BCUT2D eigenvalue weighted by Gasteiger charge is 2.40. The Kier molecular flexibility index (Phi) is 1.70. The van der Waals surface area contributed by atoms with E-state index >= 15 is 0 Å². The fraction of sp³-hybridized carbons (Fsp3) is 0.300. The third-order valence-corrected chi connectivity index (χ3v) is 2.15. The minimum absolute atomic E-state index is 0.0173. The fourth-order valence-electron chi connectivity index (χ4n) is 1.38. The summed E-state index contributed by atoms with van der Waals surface area (Å²) < 4.78 is 5.16. The molecule has 0 N–H and O–H groups in total. The van der Waals surface area contributed by atoms with Gasteiger partial charge in [-0.3, -0.25) is 0 Å². The van der Waals surface area contributed by atoms with Crippen LogP contribution in [0.5, 0.6) is 0 Å². The second-order valence-electron chi connectivity index (χ2n) is 3.01. The summed E-state index contributed by atoms with van der Waals surface area (Å²) in [5.74, 6) is 0. The molecule has 1 aromatic carbocycles. The molecule has 1 aliphatic rings. The summed E-state index contributed by atoms with van der Waals surface area (Å²) in [7, 11) is 0. The van der Waals surface area contributed by atoms with E-state index in [-0.39, 0.29) is 12.2 Å². The van der Waals surface area contributed by atoms with E-state index in [0.29, 0.717) is 0 Å². The first-order valence-corrected chi connectivity index (χ1v) is 3.99. The van der Waals surface area contributed by atoms with Crippen LogP contribution >= 0.6 is 0 Å². The SMILES string of the molecule is Cc1ccccc1[C@@H]1O[C@H]1C=O. The molecule has 2 rings (SSSR count). The van der Waals surface area contributed by atoms with Gasteiger partial charge in [0.1, 0.15) is 12.2 Å². The van der Waals surface area contributed by atoms with Crippen LogP contribution in [0, 0.1) is 6.92 Å². The first-order chi connectivity index (χ1) is 5.83. The number of benzene rings is 1. The third-order valence-electron chi connectivity index (χ3n) is 2.15. The van der Waals surface area contributed by atoms with Gasteiger partial charge in [-0.1, -0.05) is 24.3 Å². The van der Waals surface area contributed by atoms with Crippen molar-refractivity contribution in [1.29, 1.82) is 0 Å². The van der Waals surface area contributed by atoms with Gasteiger partial charge in [0.25, 0.3) is 0 Å². The number of hydrogen-bond donors (Lipinski definition) is 0. The van der Waals surface area contributed by atoms with Crippen molar-refractivity contribution in [2.45, 2.75) is 19.1 Å². The van der Waals surface area contributed by atoms with Gasteiger partial charge in [-0.05, 0) is 18.1 Å². The van der Waals surface area contributed by atoms with Crippen molar-refractivity contribution in [2.75, 3.05) is 0 Å². The Morgan fingerprint density at radius 2 is 2.17 bits per heavy atom. The monoisotopic (exact) mass is 162 g/mol. The Bertz CT molecular complexity index is 306. The molecule has 1 saturated heterocycles. The lowest BCUT2D eigenvalue weighted by atomic mass is 10.0. The van der Waals surface area contributed by atoms with Gasteiger partial charge in [0.05, 0.1) is 0 Å². The van der Waals surface area contributed by atoms with Crippen LogP contribution in [0.2, 0.25) is 0 Å². The molecule has 0 amide bonds. The largest absolute Gasteiger partial charge is 0.356 e. The first-order valence-electron chi connectivity index (χ1n) is 3.99. The minimum atomic E-state index is -0.203. The Morgan fingerprint density at radius 1 is 1.42 bits per heavy atom. The normalized spacial score (nSPS) is 26.8. The average Bonchev–Trinajstić information content (AvgIpc) is 2.84. The lowest BCUT2D eigenvalue weighted by Crippen LogP contribution is -1.91. The molecular formula is C10H10O2. The van der Waals surface area contributed by atoms with Gasteiger partial charge in [-0.2, -0.15) is 0 Å². The lowest BCUT2D eigenvalue weighted by molar-refractivity contribution is -0.108. The number of aldehydes is 1. The standard InChI is InChI=1S/C10H10O2/c1-7-4-2-3-5-8(7)10-9(6-11)12-10/h2-6,9-10H,1H3/t9-,10-/m0/s1. The van der Waals surface area contributed by atoms with E-state index in [1.54, 1.807) is 0 Å². The molecule has 12 heavy (non-hydrogen) atoms. The number of aryl methyl sites for hydroxylation is 1. The Labute approximate surface area is 71.2 Å². The molecule has 0 aliphatic carbocycles. The van der Waals surface area contributed by atoms with Crippen molar-refractivity contribution in [3.8, 4) is 0 Å². The molecule has 1 heterocycles. The molecule has 0 unspecified atom stereocenters. The van der Waals surface area contributed by atoms with Crippen LogP contribution in [0.25, 0.3) is 0 Å². The Morgan fingerprint density at radius 3 is 2.75 bits per heavy atom. The van der Waals surface area contributed by atoms with Gasteiger partial charge >= 0.3 is 0 Å². The van der Waals surface area contributed by atoms with Crippen molar-refractivity contribution >= 4 is 6.29 Å². The van der Waals surface area contributed by atoms with Gasteiger partial charge in [0, 0.05) is 0 Å². The molecule has 0 radical (unpaired) electrons. The number of rotatable bonds is 2. The predicted octanol–water partition coefficient (Wildman–Crippen LogP) is 1.63. The quantitative estimate of drug-likeness (QED) is 0.488. The maximum atomic E-state index is 10.3. The van der Waals surface area contributed by atoms with Crippen LogP contribution in [0.4, 0.5) is 0 Å². The molecule has 2 heteroatoms. The molecule has 0 spiro atoms. The summed E-state index contributed by atoms with van der Waals surface area (Å²) in [5.41, 5.74) is 2.32. The number of carbonyl (C=O) groups excluding carboxylic acids is 1. The summed E-state index contributed by atoms with van der Waals surface area (Å²) in [6.45, 7) is 2.03. The highest BCUT2D eigenvalue weighted by molar-refractivity contribution is 5.62. The molecule has 62 valence electrons. The molecule has 0 aromatic heterocycles. The fourth-order valence-corrected chi connectivity index (χ4v) is 1.38. The van der Waals surface area contributed by atoms with Gasteiger partial charge in [-0.25, -0.2) is 0 Å². The summed E-state index contributed by atoms with van der Waals surface area (Å²) in [6.07, 6.45) is 0.673. The number of epoxide rings is 1. The van der Waals surface area contributed by atoms with E-state index in [2.05, 4.69) is 0 Å². The van der Waals surface area contributed by atoms with Gasteiger partial charge < -0.3 is 9.53 Å². The summed E-state index contributed by atoms with van der Waals surface area (Å²) >= 11 is 0. The van der Waals surface area contributed by atoms with E-state index in [1.807, 2.05) is 31.2 Å². The molecule has 2 atom stereocenters. The molecular weight excluding hydrogens is 152 g/mol. The minimum Gasteiger partial charge on any atom is -0.356 e. The van der Waals surface area contributed by atoms with Crippen LogP contribution in [0.3, 0.4) is 0 Å². The van der Waals surface area contributed by atoms with Crippen LogP contribution in [-0.2, 0) is 9.53 Å². The Hall–Kier alpha value is -1.15. The smallest absolute Gasteiger partial charge is 0.151 e. The van der Waals surface area contributed by atoms with Gasteiger partial charge in [0.15, 0.2) is 6.29 Å². The molecule has 1 fully saturated rings. The van der Waals surface area contributed by atoms with Crippen molar-refractivity contribution in [2.24, 2.45) is 0 Å². The predicted molar refractivity (Wildman–Crippen MR) is 44.9 cm³/mol. The molecule has 0 bridgehead atoms. The second kappa shape index (κ2) is 2.72. The van der Waals surface area contributed by atoms with E-state index in [0.717, 1.165) is 11.8 Å². The van der Waals surface area contributed by atoms with Crippen molar-refractivity contribution in [3.05, 3.63) is 35.4 Å². The molecule has 1 aliphatic heterocycles. The molecule has 1 aromatic rings. The Balaban J connectivity index is 2.25. The van der Waals surface area contributed by atoms with Crippen LogP contribution in [0.1, 0.15) is 17.2 Å². The number of ether oxygens (including phenoxy) is 1. The summed E-state index contributed by atoms with van der Waals surface area (Å²) in [5, 5.41) is 0. The van der Waals surface area contributed by atoms with Gasteiger partial charge in [-0.15, -0.1) is 0 Å². The molecule has 2 nitrogen and oxygen atoms in total. The first kappa shape index (κ1) is 7.50. The third kappa shape index (κ3) is 1.14. The maximum absolute atomic E-state index is 10.3. The zero-order valence-electron chi connectivity index (χ0n) is 6.86. The molecule has 0 saturated carbocycles. The van der Waals surface area contributed by atoms with Crippen molar-refractivity contribution in [3.63, 3.8) is 0 Å². The number of carbonyl (C=O) groups is 1. The average molecular weight is 162 g/mol. The van der Waals surface area contributed by atoms with Crippen LogP contribution < -0.4 is 0 Å². The number of hydrogen-bond acceptors (Lipinski definition) is 2. The summed E-state index contributed by atoms with van der Waals surface area (Å²) in [4.78, 5) is 10.3. The lowest BCUT2D eigenvalue weighted by Gasteiger charge is -1.98. The summed E-state index contributed by atoms with van der Waals surface area (Å²) in [6, 6.07) is 7.98. The van der Waals surface area contributed by atoms with E-state index < -0.39 is 0 Å². The van der Waals surface area contributed by atoms with E-state index in [1.165, 1.54) is 5.56 Å². The maximum Gasteiger partial charge on any atom is 0.151 e. The van der Waals surface area contributed by atoms with E-state index in [4.69, 9.17) is 4.74 Å². The topological polar surface area (TPSA) is 29.6 Å². The van der Waals surface area contributed by atoms with Gasteiger partial charge in [0.2, 0.25) is 0 Å². The van der Waals surface area contributed by atoms with Crippen LogP contribution in [-0.4, -0.2) is 12.4 Å². The highest BCUT2D eigenvalue weighted by atomic mass is 16.6. The van der Waals surface area contributed by atoms with Crippen molar-refractivity contribution in [1.82, 2.24) is 0 Å². The second-order valence-corrected chi connectivity index (χ2v) is 3.01. The zero-order chi connectivity index (χ0) is 8.55. The van der Waals surface area contributed by atoms with Crippen LogP contribution in [0.15, 0.2) is 24.3 Å². The highest BCUT2D eigenvalue weighted by Crippen LogP contribution is 2.38. The zero-order valence-corrected chi connectivity index (χ0v) is 6.86. The van der Waals surface area contributed by atoms with Crippen molar-refractivity contribution < 1.29 is 9.53 Å².